The van der Waals surface area contributed by atoms with Gasteiger partial charge in [-0.1, -0.05) is 18.5 Å². The molecule has 3 N–H and O–H groups in total. The highest BCUT2D eigenvalue weighted by Gasteiger charge is 2.15. The fraction of sp³-hybridized carbons (Fsp3) is 0.400. The van der Waals surface area contributed by atoms with E-state index in [9.17, 15) is 13.2 Å². The highest BCUT2D eigenvalue weighted by molar-refractivity contribution is 7.88. The number of hydrogen-bond donors (Lipinski definition) is 3. The van der Waals surface area contributed by atoms with Crippen molar-refractivity contribution in [2.45, 2.75) is 20.3 Å². The molecule has 1 aromatic carbocycles. The number of anilines is 1. The van der Waals surface area contributed by atoms with Gasteiger partial charge in [0.05, 0.1) is 11.9 Å². The fourth-order valence-corrected chi connectivity index (χ4v) is 3.03. The lowest BCUT2D eigenvalue weighted by molar-refractivity contribution is 0.252. The van der Waals surface area contributed by atoms with E-state index >= 15 is 0 Å². The number of urea groups is 1. The third kappa shape index (κ3) is 4.62. The molecule has 0 spiro atoms. The van der Waals surface area contributed by atoms with Crippen LogP contribution in [0.5, 0.6) is 0 Å². The van der Waals surface area contributed by atoms with Crippen molar-refractivity contribution in [1.82, 2.24) is 10.0 Å². The number of aryl methyl sites for hydroxylation is 2. The number of amides is 2. The van der Waals surface area contributed by atoms with E-state index in [2.05, 4.69) is 15.4 Å². The standard InChI is InChI=1S/C15H20ClN3O4S/c1-4-13-9(2)11-7-10(16)8-12(14(11)23-13)19-15(20)17-5-6-18-24(3,21)22/h7-8,18H,4-6H2,1-3H3,(H2,17,19,20). The van der Waals surface area contributed by atoms with Gasteiger partial charge in [-0.2, -0.15) is 0 Å². The van der Waals surface area contributed by atoms with Crippen LogP contribution in [0.3, 0.4) is 0 Å². The number of halogens is 1. The first kappa shape index (κ1) is 18.6. The molecule has 0 radical (unpaired) electrons. The number of hydrogen-bond acceptors (Lipinski definition) is 4. The topological polar surface area (TPSA) is 100 Å². The van der Waals surface area contributed by atoms with Crippen LogP contribution in [-0.2, 0) is 16.4 Å². The Labute approximate surface area is 145 Å². The predicted octanol–water partition coefficient (Wildman–Crippen LogP) is 2.63. The Morgan fingerprint density at radius 1 is 1.29 bits per heavy atom. The van der Waals surface area contributed by atoms with Crippen LogP contribution in [0.2, 0.25) is 5.02 Å². The van der Waals surface area contributed by atoms with E-state index in [1.54, 1.807) is 12.1 Å². The second kappa shape index (κ2) is 7.42. The molecule has 0 saturated heterocycles. The maximum Gasteiger partial charge on any atom is 0.319 e. The molecule has 0 aliphatic carbocycles. The molecule has 0 atom stereocenters. The smallest absolute Gasteiger partial charge is 0.319 e. The molecule has 0 aliphatic rings. The molecule has 132 valence electrons. The lowest BCUT2D eigenvalue weighted by Gasteiger charge is -2.09. The van der Waals surface area contributed by atoms with Gasteiger partial charge in [-0.25, -0.2) is 17.9 Å². The zero-order valence-electron chi connectivity index (χ0n) is 13.7. The number of furan rings is 1. The van der Waals surface area contributed by atoms with E-state index in [1.165, 1.54) is 0 Å². The van der Waals surface area contributed by atoms with Gasteiger partial charge in [0.25, 0.3) is 0 Å². The molecule has 0 fully saturated rings. The summed E-state index contributed by atoms with van der Waals surface area (Å²) < 4.78 is 30.0. The largest absolute Gasteiger partial charge is 0.459 e. The average Bonchev–Trinajstić information content (AvgIpc) is 2.80. The van der Waals surface area contributed by atoms with Crippen molar-refractivity contribution in [3.8, 4) is 0 Å². The minimum absolute atomic E-state index is 0.108. The number of rotatable bonds is 6. The number of carbonyl (C=O) groups is 1. The van der Waals surface area contributed by atoms with Gasteiger partial charge in [-0.15, -0.1) is 0 Å². The predicted molar refractivity (Wildman–Crippen MR) is 95.2 cm³/mol. The number of carbonyl (C=O) groups excluding carboxylic acids is 1. The summed E-state index contributed by atoms with van der Waals surface area (Å²) in [5.41, 5.74) is 2.03. The second-order valence-electron chi connectivity index (χ2n) is 5.38. The van der Waals surface area contributed by atoms with Gasteiger partial charge in [0.2, 0.25) is 10.0 Å². The van der Waals surface area contributed by atoms with E-state index in [0.717, 1.165) is 29.4 Å². The van der Waals surface area contributed by atoms with Crippen molar-refractivity contribution in [3.63, 3.8) is 0 Å². The Kier molecular flexibility index (Phi) is 5.74. The summed E-state index contributed by atoms with van der Waals surface area (Å²) in [5.74, 6) is 0.841. The van der Waals surface area contributed by atoms with Gasteiger partial charge in [-0.3, -0.25) is 0 Å². The Morgan fingerprint density at radius 3 is 2.62 bits per heavy atom. The molecular formula is C15H20ClN3O4S. The SMILES string of the molecule is CCc1oc2c(NC(=O)NCCNS(C)(=O)=O)cc(Cl)cc2c1C. The third-order valence-electron chi connectivity index (χ3n) is 3.45. The first-order valence-corrected chi connectivity index (χ1v) is 9.69. The van der Waals surface area contributed by atoms with Crippen molar-refractivity contribution in [3.05, 3.63) is 28.5 Å². The van der Waals surface area contributed by atoms with Crippen LogP contribution in [0.25, 0.3) is 11.0 Å². The van der Waals surface area contributed by atoms with Crippen LogP contribution in [0, 0.1) is 6.92 Å². The lowest BCUT2D eigenvalue weighted by atomic mass is 10.1. The summed E-state index contributed by atoms with van der Waals surface area (Å²) in [6.45, 7) is 4.19. The summed E-state index contributed by atoms with van der Waals surface area (Å²) >= 11 is 6.12. The van der Waals surface area contributed by atoms with Gasteiger partial charge in [0, 0.05) is 29.9 Å². The molecule has 0 aliphatic heterocycles. The Bertz CT molecular complexity index is 861. The number of fused-ring (bicyclic) bond motifs is 1. The molecular weight excluding hydrogens is 354 g/mol. The molecule has 2 aromatic rings. The van der Waals surface area contributed by atoms with Gasteiger partial charge >= 0.3 is 6.03 Å². The zero-order chi connectivity index (χ0) is 17.9. The van der Waals surface area contributed by atoms with Crippen molar-refractivity contribution >= 4 is 44.3 Å². The number of sulfonamides is 1. The molecule has 2 amide bonds. The summed E-state index contributed by atoms with van der Waals surface area (Å²) in [5, 5.41) is 6.59. The van der Waals surface area contributed by atoms with E-state index < -0.39 is 16.1 Å². The van der Waals surface area contributed by atoms with Gasteiger partial charge in [0.1, 0.15) is 5.76 Å². The second-order valence-corrected chi connectivity index (χ2v) is 7.65. The molecule has 0 unspecified atom stereocenters. The van der Waals surface area contributed by atoms with Crippen LogP contribution in [-0.4, -0.2) is 33.8 Å². The normalized spacial score (nSPS) is 11.7. The third-order valence-corrected chi connectivity index (χ3v) is 4.39. The first-order chi connectivity index (χ1) is 11.2. The molecule has 1 aromatic heterocycles. The summed E-state index contributed by atoms with van der Waals surface area (Å²) in [6.07, 6.45) is 1.79. The molecule has 0 bridgehead atoms. The molecule has 9 heteroatoms. The van der Waals surface area contributed by atoms with Crippen LogP contribution >= 0.6 is 11.6 Å². The zero-order valence-corrected chi connectivity index (χ0v) is 15.3. The van der Waals surface area contributed by atoms with Crippen LogP contribution in [0.1, 0.15) is 18.2 Å². The minimum atomic E-state index is -3.27. The Morgan fingerprint density at radius 2 is 2.00 bits per heavy atom. The van der Waals surface area contributed by atoms with E-state index in [1.807, 2.05) is 13.8 Å². The van der Waals surface area contributed by atoms with E-state index in [-0.39, 0.29) is 13.1 Å². The quantitative estimate of drug-likeness (QED) is 0.677. The van der Waals surface area contributed by atoms with Crippen molar-refractivity contribution in [2.24, 2.45) is 0 Å². The monoisotopic (exact) mass is 373 g/mol. The molecule has 7 nitrogen and oxygen atoms in total. The maximum atomic E-state index is 12.0. The van der Waals surface area contributed by atoms with E-state index in [4.69, 9.17) is 16.0 Å². The molecule has 1 heterocycles. The summed E-state index contributed by atoms with van der Waals surface area (Å²) in [6, 6.07) is 2.94. The highest BCUT2D eigenvalue weighted by atomic mass is 35.5. The van der Waals surface area contributed by atoms with Gasteiger partial charge < -0.3 is 15.1 Å². The summed E-state index contributed by atoms with van der Waals surface area (Å²) in [4.78, 5) is 12.0. The number of nitrogens with one attached hydrogen (secondary N) is 3. The fourth-order valence-electron chi connectivity index (χ4n) is 2.34. The van der Waals surface area contributed by atoms with Crippen molar-refractivity contribution < 1.29 is 17.6 Å². The van der Waals surface area contributed by atoms with E-state index in [0.29, 0.717) is 16.3 Å². The molecule has 0 saturated carbocycles. The molecule has 2 rings (SSSR count). The van der Waals surface area contributed by atoms with Crippen LogP contribution in [0.4, 0.5) is 10.5 Å². The maximum absolute atomic E-state index is 12.0. The van der Waals surface area contributed by atoms with Crippen LogP contribution < -0.4 is 15.4 Å². The average molecular weight is 374 g/mol. The molecule has 24 heavy (non-hydrogen) atoms. The van der Waals surface area contributed by atoms with Crippen molar-refractivity contribution in [2.75, 3.05) is 24.7 Å². The summed E-state index contributed by atoms with van der Waals surface area (Å²) in [7, 11) is -3.27. The van der Waals surface area contributed by atoms with Crippen LogP contribution in [0.15, 0.2) is 16.5 Å². The highest BCUT2D eigenvalue weighted by Crippen LogP contribution is 2.34. The van der Waals surface area contributed by atoms with Gasteiger partial charge in [-0.05, 0) is 24.6 Å². The Balaban J connectivity index is 2.10. The Hall–Kier alpha value is -1.77. The first-order valence-electron chi connectivity index (χ1n) is 7.42. The van der Waals surface area contributed by atoms with Gasteiger partial charge in [0.15, 0.2) is 5.58 Å². The minimum Gasteiger partial charge on any atom is -0.459 e. The van der Waals surface area contributed by atoms with Crippen molar-refractivity contribution in [1.29, 1.82) is 0 Å². The number of benzene rings is 1. The lowest BCUT2D eigenvalue weighted by Crippen LogP contribution is -2.36.